The number of nitrogens with two attached hydrogens (primary N) is 1. The number of hydrogen-bond donors (Lipinski definition) is 2. The number of ether oxygens (including phenoxy) is 1. The average Bonchev–Trinajstić information content (AvgIpc) is 2.93. The van der Waals surface area contributed by atoms with Crippen molar-refractivity contribution in [1.82, 2.24) is 10.3 Å². The van der Waals surface area contributed by atoms with E-state index in [4.69, 9.17) is 10.5 Å². The molecule has 1 unspecified atom stereocenters. The summed E-state index contributed by atoms with van der Waals surface area (Å²) in [5.74, 6) is 0.315. The van der Waals surface area contributed by atoms with Gasteiger partial charge in [-0.15, -0.1) is 11.3 Å². The van der Waals surface area contributed by atoms with E-state index in [1.807, 2.05) is 12.3 Å². The molecule has 0 aliphatic carbocycles. The Morgan fingerprint density at radius 3 is 2.95 bits per heavy atom. The maximum atomic E-state index is 12.1. The van der Waals surface area contributed by atoms with Gasteiger partial charge in [0.25, 0.3) is 5.91 Å². The number of carbonyl (C=O) groups excluding carboxylic acids is 1. The average molecular weight is 277 g/mol. The molecule has 0 fully saturated rings. The maximum Gasteiger partial charge on any atom is 0.251 e. The van der Waals surface area contributed by atoms with Crippen LogP contribution in [0.1, 0.15) is 28.3 Å². The van der Waals surface area contributed by atoms with Crippen LogP contribution in [-0.2, 0) is 0 Å². The van der Waals surface area contributed by atoms with Crippen LogP contribution in [0.25, 0.3) is 0 Å². The Hall–Kier alpha value is -2.08. The lowest BCUT2D eigenvalue weighted by Crippen LogP contribution is -2.26. The van der Waals surface area contributed by atoms with Gasteiger partial charge < -0.3 is 15.8 Å². The van der Waals surface area contributed by atoms with Crippen molar-refractivity contribution in [1.29, 1.82) is 0 Å². The minimum absolute atomic E-state index is 0.129. The molecule has 2 aromatic rings. The normalized spacial score (nSPS) is 11.9. The fraction of sp³-hybridized carbons (Fsp3) is 0.231. The van der Waals surface area contributed by atoms with E-state index in [-0.39, 0.29) is 11.9 Å². The Kier molecular flexibility index (Phi) is 4.01. The zero-order valence-corrected chi connectivity index (χ0v) is 11.5. The van der Waals surface area contributed by atoms with E-state index in [1.54, 1.807) is 24.4 Å². The van der Waals surface area contributed by atoms with E-state index in [0.717, 1.165) is 5.01 Å². The van der Waals surface area contributed by atoms with Crippen molar-refractivity contribution in [3.63, 3.8) is 0 Å². The van der Waals surface area contributed by atoms with Crippen molar-refractivity contribution in [2.45, 2.75) is 13.0 Å². The highest BCUT2D eigenvalue weighted by atomic mass is 32.1. The molecule has 1 heterocycles. The molecule has 0 saturated heterocycles. The van der Waals surface area contributed by atoms with Gasteiger partial charge in [-0.2, -0.15) is 0 Å². The number of nitrogens with one attached hydrogen (secondary N) is 1. The molecule has 100 valence electrons. The molecule has 5 nitrogen and oxygen atoms in total. The maximum absolute atomic E-state index is 12.1. The Morgan fingerprint density at radius 1 is 1.53 bits per heavy atom. The summed E-state index contributed by atoms with van der Waals surface area (Å²) in [6.45, 7) is 1.89. The highest BCUT2D eigenvalue weighted by Gasteiger charge is 2.14. The largest absolute Gasteiger partial charge is 0.495 e. The van der Waals surface area contributed by atoms with E-state index in [2.05, 4.69) is 10.3 Å². The van der Waals surface area contributed by atoms with Gasteiger partial charge in [0.1, 0.15) is 10.8 Å². The topological polar surface area (TPSA) is 77.2 Å². The number of anilines is 1. The zero-order chi connectivity index (χ0) is 13.8. The fourth-order valence-corrected chi connectivity index (χ4v) is 2.29. The second-order valence-corrected chi connectivity index (χ2v) is 4.95. The van der Waals surface area contributed by atoms with E-state index in [1.165, 1.54) is 18.4 Å². The smallest absolute Gasteiger partial charge is 0.251 e. The number of rotatable bonds is 4. The van der Waals surface area contributed by atoms with Crippen molar-refractivity contribution in [2.24, 2.45) is 0 Å². The fourth-order valence-electron chi connectivity index (χ4n) is 1.64. The summed E-state index contributed by atoms with van der Waals surface area (Å²) < 4.78 is 5.10. The molecular formula is C13H15N3O2S. The summed E-state index contributed by atoms with van der Waals surface area (Å²) in [5, 5.41) is 5.63. The van der Waals surface area contributed by atoms with Crippen LogP contribution in [0, 0.1) is 0 Å². The van der Waals surface area contributed by atoms with Gasteiger partial charge in [0, 0.05) is 17.1 Å². The first kappa shape index (κ1) is 13.4. The quantitative estimate of drug-likeness (QED) is 0.840. The van der Waals surface area contributed by atoms with Crippen LogP contribution in [0.2, 0.25) is 0 Å². The lowest BCUT2D eigenvalue weighted by Gasteiger charge is -2.12. The second kappa shape index (κ2) is 5.71. The first-order chi connectivity index (χ1) is 9.11. The summed E-state index contributed by atoms with van der Waals surface area (Å²) in [7, 11) is 1.52. The SMILES string of the molecule is COc1cc(C(=O)NC(C)c2nccs2)ccc1N. The van der Waals surface area contributed by atoms with Crippen LogP contribution in [-0.4, -0.2) is 18.0 Å². The molecule has 0 aliphatic heterocycles. The van der Waals surface area contributed by atoms with Crippen LogP contribution in [0.3, 0.4) is 0 Å². The number of aromatic nitrogens is 1. The van der Waals surface area contributed by atoms with Crippen LogP contribution < -0.4 is 15.8 Å². The lowest BCUT2D eigenvalue weighted by atomic mass is 10.1. The van der Waals surface area contributed by atoms with Gasteiger partial charge in [-0.05, 0) is 25.1 Å². The predicted molar refractivity (Wildman–Crippen MR) is 75.4 cm³/mol. The van der Waals surface area contributed by atoms with Gasteiger partial charge in [0.15, 0.2) is 0 Å². The van der Waals surface area contributed by atoms with Gasteiger partial charge in [-0.3, -0.25) is 4.79 Å². The Morgan fingerprint density at radius 2 is 2.32 bits per heavy atom. The van der Waals surface area contributed by atoms with E-state index < -0.39 is 0 Å². The van der Waals surface area contributed by atoms with Gasteiger partial charge in [0.05, 0.1) is 18.8 Å². The van der Waals surface area contributed by atoms with Crippen molar-refractivity contribution >= 4 is 22.9 Å². The van der Waals surface area contributed by atoms with Crippen LogP contribution in [0.5, 0.6) is 5.75 Å². The standard InChI is InChI=1S/C13H15N3O2S/c1-8(13-15-5-6-19-13)16-12(17)9-3-4-10(14)11(7-9)18-2/h3-8H,14H2,1-2H3,(H,16,17). The van der Waals surface area contributed by atoms with Crippen LogP contribution >= 0.6 is 11.3 Å². The van der Waals surface area contributed by atoms with Crippen LogP contribution in [0.4, 0.5) is 5.69 Å². The Bertz CT molecular complexity index is 569. The molecule has 1 amide bonds. The molecule has 1 atom stereocenters. The molecule has 1 aromatic heterocycles. The summed E-state index contributed by atoms with van der Waals surface area (Å²) >= 11 is 1.51. The van der Waals surface area contributed by atoms with Gasteiger partial charge in [-0.1, -0.05) is 0 Å². The summed E-state index contributed by atoms with van der Waals surface area (Å²) in [5.41, 5.74) is 6.73. The molecule has 19 heavy (non-hydrogen) atoms. The number of thiazole rings is 1. The summed E-state index contributed by atoms with van der Waals surface area (Å²) in [6, 6.07) is 4.82. The first-order valence-corrected chi connectivity index (χ1v) is 6.63. The number of carbonyl (C=O) groups is 1. The molecule has 2 rings (SSSR count). The molecule has 6 heteroatoms. The molecule has 1 aromatic carbocycles. The minimum atomic E-state index is -0.180. The minimum Gasteiger partial charge on any atom is -0.495 e. The van der Waals surface area contributed by atoms with Gasteiger partial charge in [-0.25, -0.2) is 4.98 Å². The summed E-state index contributed by atoms with van der Waals surface area (Å²) in [4.78, 5) is 16.3. The van der Waals surface area contributed by atoms with Crippen molar-refractivity contribution in [3.8, 4) is 5.75 Å². The van der Waals surface area contributed by atoms with Crippen molar-refractivity contribution in [3.05, 3.63) is 40.3 Å². The first-order valence-electron chi connectivity index (χ1n) is 5.75. The van der Waals surface area contributed by atoms with Gasteiger partial charge >= 0.3 is 0 Å². The molecule has 0 spiro atoms. The van der Waals surface area contributed by atoms with Gasteiger partial charge in [0.2, 0.25) is 0 Å². The summed E-state index contributed by atoms with van der Waals surface area (Å²) in [6.07, 6.45) is 1.72. The highest BCUT2D eigenvalue weighted by Crippen LogP contribution is 2.23. The number of nitrogens with zero attached hydrogens (tertiary/aromatic N) is 1. The number of benzene rings is 1. The Labute approximate surface area is 115 Å². The van der Waals surface area contributed by atoms with Crippen molar-refractivity contribution < 1.29 is 9.53 Å². The number of nitrogen functional groups attached to an aromatic ring is 1. The number of hydrogen-bond acceptors (Lipinski definition) is 5. The highest BCUT2D eigenvalue weighted by molar-refractivity contribution is 7.09. The number of amides is 1. The third kappa shape index (κ3) is 3.03. The second-order valence-electron chi connectivity index (χ2n) is 4.02. The van der Waals surface area contributed by atoms with Crippen LogP contribution in [0.15, 0.2) is 29.8 Å². The molecular weight excluding hydrogens is 262 g/mol. The number of methoxy groups -OCH3 is 1. The Balaban J connectivity index is 2.12. The lowest BCUT2D eigenvalue weighted by molar-refractivity contribution is 0.0939. The molecule has 0 aliphatic rings. The molecule has 3 N–H and O–H groups in total. The molecule has 0 radical (unpaired) electrons. The van der Waals surface area contributed by atoms with E-state index >= 15 is 0 Å². The third-order valence-electron chi connectivity index (χ3n) is 2.67. The zero-order valence-electron chi connectivity index (χ0n) is 10.7. The molecule has 0 saturated carbocycles. The van der Waals surface area contributed by atoms with E-state index in [9.17, 15) is 4.79 Å². The third-order valence-corrected chi connectivity index (χ3v) is 3.62. The van der Waals surface area contributed by atoms with Crippen molar-refractivity contribution in [2.75, 3.05) is 12.8 Å². The molecule has 0 bridgehead atoms. The monoisotopic (exact) mass is 277 g/mol. The predicted octanol–water partition coefficient (Wildman–Crippen LogP) is 2.22. The van der Waals surface area contributed by atoms with E-state index in [0.29, 0.717) is 17.0 Å².